The molecule has 0 heterocycles. The summed E-state index contributed by atoms with van der Waals surface area (Å²) in [4.78, 5) is 15.1. The SMILES string of the molecule is O=[N+]([O-])c1cc(Br)c([O-])c(C=NCC23CCC4C[C@H](C[C@H](C4)C2)C3)c1. The first kappa shape index (κ1) is 17.0. The van der Waals surface area contributed by atoms with Crippen LogP contribution in [-0.2, 0) is 0 Å². The van der Waals surface area contributed by atoms with E-state index < -0.39 is 4.92 Å². The maximum atomic E-state index is 12.2. The first-order valence-corrected chi connectivity index (χ1v) is 9.88. The third kappa shape index (κ3) is 3.33. The van der Waals surface area contributed by atoms with E-state index in [1.807, 2.05) is 0 Å². The molecule has 6 heteroatoms. The number of fused-ring (bicyclic) bond motifs is 1. The van der Waals surface area contributed by atoms with Gasteiger partial charge in [-0.25, -0.2) is 0 Å². The molecule has 2 unspecified atom stereocenters. The van der Waals surface area contributed by atoms with Crippen LogP contribution in [0.4, 0.5) is 5.69 Å². The van der Waals surface area contributed by atoms with E-state index in [4.69, 9.17) is 0 Å². The van der Waals surface area contributed by atoms with E-state index in [0.29, 0.717) is 5.56 Å². The second kappa shape index (κ2) is 6.38. The van der Waals surface area contributed by atoms with Gasteiger partial charge in [0.15, 0.2) is 0 Å². The van der Waals surface area contributed by atoms with Crippen LogP contribution in [0.5, 0.6) is 5.75 Å². The number of halogens is 1. The third-order valence-electron chi connectivity index (χ3n) is 6.45. The Morgan fingerprint density at radius 2 is 1.92 bits per heavy atom. The number of aliphatic imine (C=N–C) groups is 1. The van der Waals surface area contributed by atoms with E-state index in [1.165, 1.54) is 57.1 Å². The molecule has 4 aliphatic rings. The summed E-state index contributed by atoms with van der Waals surface area (Å²) in [7, 11) is 0. The van der Waals surface area contributed by atoms with Gasteiger partial charge in [0.2, 0.25) is 0 Å². The average molecular weight is 406 g/mol. The summed E-state index contributed by atoms with van der Waals surface area (Å²) in [5, 5.41) is 23.2. The number of rotatable bonds is 4. The molecule has 0 spiro atoms. The maximum Gasteiger partial charge on any atom is 0.271 e. The van der Waals surface area contributed by atoms with Crippen LogP contribution >= 0.6 is 15.9 Å². The zero-order valence-corrected chi connectivity index (χ0v) is 15.7. The Balaban J connectivity index is 1.54. The highest BCUT2D eigenvalue weighted by molar-refractivity contribution is 9.10. The van der Waals surface area contributed by atoms with Gasteiger partial charge in [0, 0.05) is 29.4 Å². The fourth-order valence-electron chi connectivity index (χ4n) is 5.64. The molecule has 0 aliphatic heterocycles. The number of nitro groups is 1. The molecule has 4 aliphatic carbocycles. The first-order valence-electron chi connectivity index (χ1n) is 9.09. The van der Waals surface area contributed by atoms with Gasteiger partial charge in [0.1, 0.15) is 0 Å². The van der Waals surface area contributed by atoms with Crippen molar-refractivity contribution in [3.05, 3.63) is 32.3 Å². The zero-order valence-electron chi connectivity index (χ0n) is 14.1. The quantitative estimate of drug-likeness (QED) is 0.421. The van der Waals surface area contributed by atoms with Gasteiger partial charge in [-0.2, -0.15) is 0 Å². The summed E-state index contributed by atoms with van der Waals surface area (Å²) in [5.74, 6) is 2.39. The van der Waals surface area contributed by atoms with Gasteiger partial charge >= 0.3 is 0 Å². The Labute approximate surface area is 155 Å². The zero-order chi connectivity index (χ0) is 17.6. The van der Waals surface area contributed by atoms with E-state index in [2.05, 4.69) is 20.9 Å². The molecule has 134 valence electrons. The number of benzene rings is 1. The summed E-state index contributed by atoms with van der Waals surface area (Å²) < 4.78 is 0.217. The van der Waals surface area contributed by atoms with Crippen LogP contribution in [0.25, 0.3) is 0 Å². The molecule has 4 bridgehead atoms. The highest BCUT2D eigenvalue weighted by atomic mass is 79.9. The molecule has 0 aromatic heterocycles. The molecular formula is C19H22BrN2O3-. The summed E-state index contributed by atoms with van der Waals surface area (Å²) in [5.41, 5.74) is 0.498. The van der Waals surface area contributed by atoms with Crippen molar-refractivity contribution >= 4 is 27.8 Å². The van der Waals surface area contributed by atoms with E-state index >= 15 is 0 Å². The predicted molar refractivity (Wildman–Crippen MR) is 97.9 cm³/mol. The molecule has 5 rings (SSSR count). The van der Waals surface area contributed by atoms with Crippen LogP contribution in [-0.4, -0.2) is 17.7 Å². The Hall–Kier alpha value is -1.43. The van der Waals surface area contributed by atoms with Crippen molar-refractivity contribution in [3.63, 3.8) is 0 Å². The number of nitro benzene ring substituents is 1. The fraction of sp³-hybridized carbons (Fsp3) is 0.632. The van der Waals surface area contributed by atoms with Gasteiger partial charge in [-0.1, -0.05) is 21.7 Å². The fourth-order valence-corrected chi connectivity index (χ4v) is 6.10. The number of non-ortho nitro benzene ring substituents is 1. The minimum absolute atomic E-state index is 0.0842. The van der Waals surface area contributed by atoms with Gasteiger partial charge in [-0.05, 0) is 73.7 Å². The van der Waals surface area contributed by atoms with Crippen molar-refractivity contribution < 1.29 is 10.0 Å². The Morgan fingerprint density at radius 1 is 1.24 bits per heavy atom. The van der Waals surface area contributed by atoms with E-state index in [1.54, 1.807) is 6.21 Å². The van der Waals surface area contributed by atoms with E-state index in [9.17, 15) is 15.2 Å². The molecule has 0 amide bonds. The van der Waals surface area contributed by atoms with Gasteiger partial charge in [-0.15, -0.1) is 0 Å². The molecule has 1 aromatic carbocycles. The Kier molecular flexibility index (Phi) is 4.34. The molecule has 1 aromatic rings. The molecule has 4 atom stereocenters. The number of hydrogen-bond donors (Lipinski definition) is 0. The highest BCUT2D eigenvalue weighted by Gasteiger charge is 2.47. The lowest BCUT2D eigenvalue weighted by atomic mass is 9.61. The van der Waals surface area contributed by atoms with Crippen molar-refractivity contribution in [2.45, 2.75) is 44.9 Å². The van der Waals surface area contributed by atoms with Gasteiger partial charge < -0.3 is 5.11 Å². The monoisotopic (exact) mass is 405 g/mol. The molecule has 0 N–H and O–H groups in total. The summed E-state index contributed by atoms with van der Waals surface area (Å²) in [6.07, 6.45) is 10.8. The smallest absolute Gasteiger partial charge is 0.271 e. The lowest BCUT2D eigenvalue weighted by molar-refractivity contribution is -0.385. The molecule has 4 saturated carbocycles. The number of nitrogens with zero attached hydrogens (tertiary/aromatic N) is 2. The lowest BCUT2D eigenvalue weighted by Gasteiger charge is -2.44. The maximum absolute atomic E-state index is 12.2. The highest BCUT2D eigenvalue weighted by Crippen LogP contribution is 2.57. The summed E-state index contributed by atoms with van der Waals surface area (Å²) in [6.45, 7) is 0.743. The van der Waals surface area contributed by atoms with Crippen LogP contribution in [0, 0.1) is 33.3 Å². The van der Waals surface area contributed by atoms with Crippen molar-refractivity contribution in [2.24, 2.45) is 28.2 Å². The van der Waals surface area contributed by atoms with Crippen molar-refractivity contribution in [3.8, 4) is 5.75 Å². The van der Waals surface area contributed by atoms with E-state index in [0.717, 1.165) is 24.3 Å². The van der Waals surface area contributed by atoms with Crippen molar-refractivity contribution in [1.82, 2.24) is 0 Å². The minimum Gasteiger partial charge on any atom is -0.871 e. The molecular weight excluding hydrogens is 384 g/mol. The molecule has 0 radical (unpaired) electrons. The molecule has 5 nitrogen and oxygen atoms in total. The topological polar surface area (TPSA) is 78.6 Å². The average Bonchev–Trinajstić information content (AvgIpc) is 2.75. The third-order valence-corrected chi connectivity index (χ3v) is 7.04. The predicted octanol–water partition coefficient (Wildman–Crippen LogP) is 4.46. The second-order valence-electron chi connectivity index (χ2n) is 8.32. The molecule has 0 saturated heterocycles. The van der Waals surface area contributed by atoms with Crippen LogP contribution in [0.3, 0.4) is 0 Å². The molecule has 4 fully saturated rings. The Bertz CT molecular complexity index is 720. The minimum atomic E-state index is -0.482. The van der Waals surface area contributed by atoms with Crippen molar-refractivity contribution in [2.75, 3.05) is 6.54 Å². The van der Waals surface area contributed by atoms with Crippen LogP contribution in [0.1, 0.15) is 50.5 Å². The van der Waals surface area contributed by atoms with Gasteiger partial charge in [0.05, 0.1) is 4.92 Å². The standard InChI is InChI=1S/C19H23BrN2O3/c20-17-7-16(22(24)25)6-15(18(17)23)10-21-11-19-2-1-12-3-13(8-19)5-14(4-12)9-19/h6-7,10,12-14,23H,1-5,8-9,11H2/p-1/t12?,13-,14+,19?. The lowest BCUT2D eigenvalue weighted by Crippen LogP contribution is -2.36. The first-order chi connectivity index (χ1) is 11.9. The number of hydrogen-bond acceptors (Lipinski definition) is 4. The van der Waals surface area contributed by atoms with E-state index in [-0.39, 0.29) is 21.3 Å². The van der Waals surface area contributed by atoms with Crippen LogP contribution in [0.15, 0.2) is 21.6 Å². The van der Waals surface area contributed by atoms with Crippen LogP contribution in [0.2, 0.25) is 0 Å². The summed E-state index contributed by atoms with van der Waals surface area (Å²) in [6, 6.07) is 2.57. The van der Waals surface area contributed by atoms with Gasteiger partial charge in [-0.3, -0.25) is 15.1 Å². The molecule has 25 heavy (non-hydrogen) atoms. The Morgan fingerprint density at radius 3 is 2.60 bits per heavy atom. The van der Waals surface area contributed by atoms with Gasteiger partial charge in [0.25, 0.3) is 5.69 Å². The van der Waals surface area contributed by atoms with Crippen molar-refractivity contribution in [1.29, 1.82) is 0 Å². The second-order valence-corrected chi connectivity index (χ2v) is 9.18. The largest absolute Gasteiger partial charge is 0.871 e. The van der Waals surface area contributed by atoms with Crippen LogP contribution < -0.4 is 5.11 Å². The summed E-state index contributed by atoms with van der Waals surface area (Å²) >= 11 is 3.12. The normalized spacial score (nSPS) is 33.7.